The van der Waals surface area contributed by atoms with Crippen molar-refractivity contribution in [3.63, 3.8) is 0 Å². The molecule has 0 saturated carbocycles. The maximum absolute atomic E-state index is 11.9. The van der Waals surface area contributed by atoms with Gasteiger partial charge in [0.2, 0.25) is 11.8 Å². The topological polar surface area (TPSA) is 122 Å². The van der Waals surface area contributed by atoms with Crippen molar-refractivity contribution in [1.82, 2.24) is 10.6 Å². The van der Waals surface area contributed by atoms with E-state index in [1.807, 2.05) is 13.8 Å². The Balaban J connectivity index is 0.000000980. The molecule has 1 aliphatic heterocycles. The van der Waals surface area contributed by atoms with Crippen LogP contribution in [0.1, 0.15) is 46.5 Å². The van der Waals surface area contributed by atoms with Crippen molar-refractivity contribution in [3.8, 4) is 0 Å². The molecule has 128 valence electrons. The lowest BCUT2D eigenvalue weighted by molar-refractivity contribution is -0.134. The number of nitrogens with one attached hydrogen (secondary N) is 2. The maximum Gasteiger partial charge on any atom is 0.300 e. The van der Waals surface area contributed by atoms with E-state index in [1.165, 1.54) is 0 Å². The minimum absolute atomic E-state index is 0.0497. The Hall–Kier alpha value is -1.63. The van der Waals surface area contributed by atoms with E-state index in [-0.39, 0.29) is 5.91 Å². The molecule has 7 heteroatoms. The van der Waals surface area contributed by atoms with Gasteiger partial charge in [0.1, 0.15) is 6.04 Å². The van der Waals surface area contributed by atoms with Crippen molar-refractivity contribution in [2.75, 3.05) is 13.1 Å². The number of carbonyl (C=O) groups excluding carboxylic acids is 2. The number of hydrogen-bond donors (Lipinski definition) is 4. The summed E-state index contributed by atoms with van der Waals surface area (Å²) < 4.78 is 0. The lowest BCUT2D eigenvalue weighted by atomic mass is 9.94. The number of amides is 2. The Labute approximate surface area is 132 Å². The number of carboxylic acids is 1. The predicted octanol–water partition coefficient (Wildman–Crippen LogP) is 0.483. The van der Waals surface area contributed by atoms with E-state index in [4.69, 9.17) is 15.6 Å². The van der Waals surface area contributed by atoms with Gasteiger partial charge in [0.05, 0.1) is 0 Å². The Morgan fingerprint density at radius 2 is 1.77 bits per heavy atom. The van der Waals surface area contributed by atoms with Crippen LogP contribution in [-0.2, 0) is 14.4 Å². The second-order valence-corrected chi connectivity index (χ2v) is 6.07. The molecule has 1 fully saturated rings. The van der Waals surface area contributed by atoms with Crippen molar-refractivity contribution >= 4 is 17.8 Å². The van der Waals surface area contributed by atoms with Crippen LogP contribution >= 0.6 is 0 Å². The second kappa shape index (κ2) is 11.0. The van der Waals surface area contributed by atoms with E-state index < -0.39 is 17.9 Å². The summed E-state index contributed by atoms with van der Waals surface area (Å²) in [6.45, 7) is 7.05. The van der Waals surface area contributed by atoms with Crippen molar-refractivity contribution in [2.45, 2.75) is 52.5 Å². The molecule has 0 spiro atoms. The summed E-state index contributed by atoms with van der Waals surface area (Å²) in [5.74, 6) is -0.561. The fourth-order valence-electron chi connectivity index (χ4n) is 2.32. The molecule has 1 aliphatic rings. The van der Waals surface area contributed by atoms with Crippen LogP contribution in [0.2, 0.25) is 0 Å². The zero-order valence-electron chi connectivity index (χ0n) is 13.7. The number of primary amides is 1. The summed E-state index contributed by atoms with van der Waals surface area (Å²) in [5.41, 5.74) is 5.30. The highest BCUT2D eigenvalue weighted by Crippen LogP contribution is 2.16. The van der Waals surface area contributed by atoms with Gasteiger partial charge in [-0.3, -0.25) is 14.4 Å². The SMILES string of the molecule is CC(=O)O.CC(C)C[C@H](NC(=O)CC1CCNCC1)C(N)=O. The summed E-state index contributed by atoms with van der Waals surface area (Å²) in [7, 11) is 0. The van der Waals surface area contributed by atoms with E-state index >= 15 is 0 Å². The molecule has 0 bridgehead atoms. The van der Waals surface area contributed by atoms with Gasteiger partial charge in [-0.1, -0.05) is 13.8 Å². The highest BCUT2D eigenvalue weighted by Gasteiger charge is 2.22. The molecule has 0 aromatic rings. The normalized spacial score (nSPS) is 16.4. The van der Waals surface area contributed by atoms with Crippen LogP contribution in [0.15, 0.2) is 0 Å². The molecule has 22 heavy (non-hydrogen) atoms. The van der Waals surface area contributed by atoms with E-state index in [0.717, 1.165) is 32.9 Å². The quantitative estimate of drug-likeness (QED) is 0.568. The molecule has 1 heterocycles. The summed E-state index contributed by atoms with van der Waals surface area (Å²) in [6, 6.07) is -0.529. The number of aliphatic carboxylic acids is 1. The second-order valence-electron chi connectivity index (χ2n) is 6.07. The molecule has 0 unspecified atom stereocenters. The molecule has 0 aromatic carbocycles. The first-order valence-electron chi connectivity index (χ1n) is 7.71. The Bertz CT molecular complexity index is 362. The molecule has 1 atom stereocenters. The first kappa shape index (κ1) is 20.4. The smallest absolute Gasteiger partial charge is 0.300 e. The molecule has 2 amide bonds. The van der Waals surface area contributed by atoms with Crippen molar-refractivity contribution < 1.29 is 19.5 Å². The molecule has 0 aromatic heterocycles. The van der Waals surface area contributed by atoms with Gasteiger partial charge in [0, 0.05) is 13.3 Å². The number of hydrogen-bond acceptors (Lipinski definition) is 4. The molecule has 0 aliphatic carbocycles. The molecule has 7 nitrogen and oxygen atoms in total. The molecular formula is C15H29N3O4. The first-order valence-corrected chi connectivity index (χ1v) is 7.71. The molecule has 0 radical (unpaired) electrons. The highest BCUT2D eigenvalue weighted by atomic mass is 16.4. The van der Waals surface area contributed by atoms with Crippen LogP contribution in [0, 0.1) is 11.8 Å². The van der Waals surface area contributed by atoms with Crippen molar-refractivity contribution in [1.29, 1.82) is 0 Å². The number of carboxylic acid groups (broad SMARTS) is 1. The summed E-state index contributed by atoms with van der Waals surface area (Å²) >= 11 is 0. The third kappa shape index (κ3) is 11.1. The zero-order chi connectivity index (χ0) is 17.1. The minimum Gasteiger partial charge on any atom is -0.481 e. The fraction of sp³-hybridized carbons (Fsp3) is 0.800. The van der Waals surface area contributed by atoms with Gasteiger partial charge >= 0.3 is 0 Å². The van der Waals surface area contributed by atoms with Gasteiger partial charge < -0.3 is 21.5 Å². The molecular weight excluding hydrogens is 286 g/mol. The van der Waals surface area contributed by atoms with Crippen LogP contribution in [0.25, 0.3) is 0 Å². The Morgan fingerprint density at radius 1 is 1.27 bits per heavy atom. The number of piperidine rings is 1. The third-order valence-electron chi connectivity index (χ3n) is 3.32. The third-order valence-corrected chi connectivity index (χ3v) is 3.32. The van der Waals surface area contributed by atoms with E-state index in [2.05, 4.69) is 10.6 Å². The Kier molecular flexibility index (Phi) is 10.2. The number of rotatable bonds is 6. The summed E-state index contributed by atoms with van der Waals surface area (Å²) in [4.78, 5) is 32.1. The molecule has 5 N–H and O–H groups in total. The first-order chi connectivity index (χ1) is 10.2. The standard InChI is InChI=1S/C13H25N3O2.C2H4O2/c1-9(2)7-11(13(14)18)16-12(17)8-10-3-5-15-6-4-10;1-2(3)4/h9-11,15H,3-8H2,1-2H3,(H2,14,18)(H,16,17);1H3,(H,3,4)/t11-;/m0./s1. The van der Waals surface area contributed by atoms with Crippen molar-refractivity contribution in [2.24, 2.45) is 17.6 Å². The van der Waals surface area contributed by atoms with Gasteiger partial charge in [-0.15, -0.1) is 0 Å². The average molecular weight is 315 g/mol. The van der Waals surface area contributed by atoms with Gasteiger partial charge in [-0.05, 0) is 44.2 Å². The van der Waals surface area contributed by atoms with Crippen LogP contribution in [-0.4, -0.2) is 42.0 Å². The van der Waals surface area contributed by atoms with Crippen LogP contribution in [0.4, 0.5) is 0 Å². The Morgan fingerprint density at radius 3 is 2.18 bits per heavy atom. The van der Waals surface area contributed by atoms with Crippen LogP contribution in [0.3, 0.4) is 0 Å². The average Bonchev–Trinajstić information content (AvgIpc) is 2.37. The van der Waals surface area contributed by atoms with Gasteiger partial charge in [-0.25, -0.2) is 0 Å². The van der Waals surface area contributed by atoms with Gasteiger partial charge in [0.15, 0.2) is 0 Å². The minimum atomic E-state index is -0.833. The largest absolute Gasteiger partial charge is 0.481 e. The predicted molar refractivity (Wildman–Crippen MR) is 84.1 cm³/mol. The van der Waals surface area contributed by atoms with E-state index in [9.17, 15) is 9.59 Å². The lowest BCUT2D eigenvalue weighted by Gasteiger charge is -2.23. The fourth-order valence-corrected chi connectivity index (χ4v) is 2.32. The van der Waals surface area contributed by atoms with Gasteiger partial charge in [-0.2, -0.15) is 0 Å². The molecule has 1 saturated heterocycles. The van der Waals surface area contributed by atoms with Crippen molar-refractivity contribution in [3.05, 3.63) is 0 Å². The summed E-state index contributed by atoms with van der Waals surface area (Å²) in [6.07, 6.45) is 3.16. The maximum atomic E-state index is 11.9. The number of carbonyl (C=O) groups is 3. The number of nitrogens with two attached hydrogens (primary N) is 1. The van der Waals surface area contributed by atoms with E-state index in [1.54, 1.807) is 0 Å². The molecule has 1 rings (SSSR count). The summed E-state index contributed by atoms with van der Waals surface area (Å²) in [5, 5.41) is 13.4. The van der Waals surface area contributed by atoms with E-state index in [0.29, 0.717) is 24.7 Å². The monoisotopic (exact) mass is 315 g/mol. The van der Waals surface area contributed by atoms with Gasteiger partial charge in [0.25, 0.3) is 5.97 Å². The van der Waals surface area contributed by atoms with Crippen LogP contribution in [0.5, 0.6) is 0 Å². The highest BCUT2D eigenvalue weighted by molar-refractivity contribution is 5.86. The van der Waals surface area contributed by atoms with Crippen LogP contribution < -0.4 is 16.4 Å². The lowest BCUT2D eigenvalue weighted by Crippen LogP contribution is -2.46. The zero-order valence-corrected chi connectivity index (χ0v) is 13.7.